The van der Waals surface area contributed by atoms with Gasteiger partial charge in [-0.2, -0.15) is 4.98 Å². The predicted octanol–water partition coefficient (Wildman–Crippen LogP) is 2.83. The summed E-state index contributed by atoms with van der Waals surface area (Å²) in [5, 5.41) is 0.271. The lowest BCUT2D eigenvalue weighted by Crippen LogP contribution is -2.12. The molecule has 0 saturated carbocycles. The number of nitrogens with two attached hydrogens (primary N) is 1. The Morgan fingerprint density at radius 3 is 2.65 bits per heavy atom. The van der Waals surface area contributed by atoms with Crippen LogP contribution >= 0.6 is 0 Å². The fourth-order valence-electron chi connectivity index (χ4n) is 3.14. The lowest BCUT2D eigenvalue weighted by atomic mass is 10.2. The van der Waals surface area contributed by atoms with Crippen molar-refractivity contribution in [1.29, 1.82) is 0 Å². The van der Waals surface area contributed by atoms with Crippen LogP contribution in [0.4, 0.5) is 5.82 Å². The van der Waals surface area contributed by atoms with Gasteiger partial charge in [-0.05, 0) is 26.0 Å². The Labute approximate surface area is 176 Å². The van der Waals surface area contributed by atoms with Gasteiger partial charge in [0.25, 0.3) is 0 Å². The van der Waals surface area contributed by atoms with Crippen molar-refractivity contribution in [2.24, 2.45) is 0 Å². The van der Waals surface area contributed by atoms with Gasteiger partial charge in [0.15, 0.2) is 18.1 Å². The first kappa shape index (κ1) is 20.1. The van der Waals surface area contributed by atoms with Gasteiger partial charge in [0, 0.05) is 5.69 Å². The van der Waals surface area contributed by atoms with Crippen LogP contribution in [0.15, 0.2) is 47.3 Å². The number of rotatable bonds is 6. The molecule has 0 aliphatic carbocycles. The van der Waals surface area contributed by atoms with E-state index in [0.29, 0.717) is 5.76 Å². The quantitative estimate of drug-likeness (QED) is 0.466. The standard InChI is InChI=1S/C21H19N5O5/c1-3-29-21(28)16-12(2)31-19-17(16)18(22)24-15(25-19)10-30-20(27)14-9-23-11-26(14)13-7-5-4-6-8-13/h4-9,11H,3,10H2,1-2H3,(H2,22,24,25). The number of hydrogen-bond donors (Lipinski definition) is 1. The molecule has 0 amide bonds. The first-order chi connectivity index (χ1) is 15.0. The van der Waals surface area contributed by atoms with E-state index >= 15 is 0 Å². The minimum absolute atomic E-state index is 0.0327. The molecule has 2 N–H and O–H groups in total. The van der Waals surface area contributed by atoms with Crippen LogP contribution in [-0.4, -0.2) is 38.1 Å². The number of benzene rings is 1. The maximum atomic E-state index is 12.6. The van der Waals surface area contributed by atoms with E-state index in [1.165, 1.54) is 12.5 Å². The van der Waals surface area contributed by atoms with Crippen molar-refractivity contribution in [3.63, 3.8) is 0 Å². The normalized spacial score (nSPS) is 10.9. The number of furan rings is 1. The summed E-state index contributed by atoms with van der Waals surface area (Å²) >= 11 is 0. The number of aryl methyl sites for hydroxylation is 1. The van der Waals surface area contributed by atoms with Crippen molar-refractivity contribution in [1.82, 2.24) is 19.5 Å². The van der Waals surface area contributed by atoms with E-state index in [1.54, 1.807) is 18.4 Å². The molecule has 0 bridgehead atoms. The number of nitrogens with zero attached hydrogens (tertiary/aromatic N) is 4. The molecular formula is C21H19N5O5. The highest BCUT2D eigenvalue weighted by atomic mass is 16.5. The van der Waals surface area contributed by atoms with E-state index in [1.807, 2.05) is 30.3 Å². The lowest BCUT2D eigenvalue weighted by Gasteiger charge is -2.08. The van der Waals surface area contributed by atoms with Crippen LogP contribution in [0.3, 0.4) is 0 Å². The molecule has 0 unspecified atom stereocenters. The molecule has 0 aliphatic rings. The third-order valence-corrected chi connectivity index (χ3v) is 4.50. The molecule has 3 aromatic heterocycles. The number of esters is 2. The zero-order valence-corrected chi connectivity index (χ0v) is 16.9. The van der Waals surface area contributed by atoms with Crippen LogP contribution in [0, 0.1) is 6.92 Å². The zero-order valence-electron chi connectivity index (χ0n) is 16.9. The lowest BCUT2D eigenvalue weighted by molar-refractivity contribution is 0.0452. The largest absolute Gasteiger partial charge is 0.462 e. The summed E-state index contributed by atoms with van der Waals surface area (Å²) in [6.45, 7) is 3.27. The van der Waals surface area contributed by atoms with Crippen LogP contribution in [0.5, 0.6) is 0 Å². The van der Waals surface area contributed by atoms with E-state index in [2.05, 4.69) is 15.0 Å². The molecule has 0 radical (unpaired) electrons. The highest BCUT2D eigenvalue weighted by Gasteiger charge is 2.24. The number of anilines is 1. The summed E-state index contributed by atoms with van der Waals surface area (Å²) in [5.41, 5.74) is 7.36. The number of imidazole rings is 1. The maximum Gasteiger partial charge on any atom is 0.357 e. The molecule has 10 nitrogen and oxygen atoms in total. The first-order valence-corrected chi connectivity index (χ1v) is 9.47. The van der Waals surface area contributed by atoms with Crippen LogP contribution in [0.2, 0.25) is 0 Å². The van der Waals surface area contributed by atoms with Gasteiger partial charge in [-0.15, -0.1) is 0 Å². The summed E-state index contributed by atoms with van der Waals surface area (Å²) in [5.74, 6) is -0.692. The third-order valence-electron chi connectivity index (χ3n) is 4.50. The molecule has 0 fully saturated rings. The Hall–Kier alpha value is -4.21. The van der Waals surface area contributed by atoms with Gasteiger partial charge in [0.1, 0.15) is 17.1 Å². The summed E-state index contributed by atoms with van der Waals surface area (Å²) in [7, 11) is 0. The van der Waals surface area contributed by atoms with Gasteiger partial charge in [-0.1, -0.05) is 18.2 Å². The van der Waals surface area contributed by atoms with Crippen LogP contribution in [-0.2, 0) is 16.1 Å². The van der Waals surface area contributed by atoms with Crippen molar-refractivity contribution >= 4 is 28.9 Å². The number of para-hydroxylation sites is 1. The van der Waals surface area contributed by atoms with E-state index in [4.69, 9.17) is 19.6 Å². The van der Waals surface area contributed by atoms with Gasteiger partial charge in [0.2, 0.25) is 5.71 Å². The topological polar surface area (TPSA) is 135 Å². The molecule has 3 heterocycles. The number of fused-ring (bicyclic) bond motifs is 1. The molecule has 31 heavy (non-hydrogen) atoms. The molecule has 0 aliphatic heterocycles. The number of ether oxygens (including phenoxy) is 2. The Morgan fingerprint density at radius 1 is 1.13 bits per heavy atom. The molecule has 0 atom stereocenters. The number of hydrogen-bond acceptors (Lipinski definition) is 9. The summed E-state index contributed by atoms with van der Waals surface area (Å²) in [6, 6.07) is 9.27. The van der Waals surface area contributed by atoms with Crippen molar-refractivity contribution in [2.45, 2.75) is 20.5 Å². The Kier molecular flexibility index (Phi) is 5.35. The van der Waals surface area contributed by atoms with Crippen molar-refractivity contribution in [3.8, 4) is 5.69 Å². The van der Waals surface area contributed by atoms with Crippen molar-refractivity contribution in [3.05, 3.63) is 65.7 Å². The summed E-state index contributed by atoms with van der Waals surface area (Å²) in [4.78, 5) is 37.2. The monoisotopic (exact) mass is 421 g/mol. The van der Waals surface area contributed by atoms with Gasteiger partial charge in [0.05, 0.1) is 24.5 Å². The summed E-state index contributed by atoms with van der Waals surface area (Å²) < 4.78 is 17.6. The van der Waals surface area contributed by atoms with Crippen molar-refractivity contribution in [2.75, 3.05) is 12.3 Å². The van der Waals surface area contributed by atoms with Crippen molar-refractivity contribution < 1.29 is 23.5 Å². The highest BCUT2D eigenvalue weighted by molar-refractivity contribution is 6.07. The average molecular weight is 421 g/mol. The zero-order chi connectivity index (χ0) is 22.0. The molecule has 0 spiro atoms. The van der Waals surface area contributed by atoms with Gasteiger partial charge in [-0.25, -0.2) is 19.6 Å². The van der Waals surface area contributed by atoms with E-state index in [0.717, 1.165) is 5.69 Å². The fourth-order valence-corrected chi connectivity index (χ4v) is 3.14. The van der Waals surface area contributed by atoms with E-state index in [9.17, 15) is 9.59 Å². The number of carbonyl (C=O) groups excluding carboxylic acids is 2. The predicted molar refractivity (Wildman–Crippen MR) is 110 cm³/mol. The number of nitrogen functional groups attached to an aromatic ring is 1. The summed E-state index contributed by atoms with van der Waals surface area (Å²) in [6.07, 6.45) is 2.93. The number of carbonyl (C=O) groups is 2. The number of aromatic nitrogens is 4. The van der Waals surface area contributed by atoms with Gasteiger partial charge < -0.3 is 19.6 Å². The molecular weight excluding hydrogens is 402 g/mol. The highest BCUT2D eigenvalue weighted by Crippen LogP contribution is 2.29. The minimum atomic E-state index is -0.605. The van der Waals surface area contributed by atoms with Crippen LogP contribution in [0.1, 0.15) is 39.4 Å². The van der Waals surface area contributed by atoms with E-state index in [-0.39, 0.29) is 47.2 Å². The molecule has 1 aromatic carbocycles. The third kappa shape index (κ3) is 3.82. The van der Waals surface area contributed by atoms with Gasteiger partial charge >= 0.3 is 11.9 Å². The second-order valence-electron chi connectivity index (χ2n) is 6.52. The van der Waals surface area contributed by atoms with Gasteiger partial charge in [-0.3, -0.25) is 4.57 Å². The fraction of sp³-hybridized carbons (Fsp3) is 0.190. The maximum absolute atomic E-state index is 12.6. The van der Waals surface area contributed by atoms with Crippen LogP contribution in [0.25, 0.3) is 16.8 Å². The molecule has 4 rings (SSSR count). The Balaban J connectivity index is 1.56. The Morgan fingerprint density at radius 2 is 1.90 bits per heavy atom. The SMILES string of the molecule is CCOC(=O)c1c(C)oc2nc(COC(=O)c3cncn3-c3ccccc3)nc(N)c12. The smallest absolute Gasteiger partial charge is 0.357 e. The van der Waals surface area contributed by atoms with Crippen LogP contribution < -0.4 is 5.73 Å². The molecule has 10 heteroatoms. The average Bonchev–Trinajstić information content (AvgIpc) is 3.37. The Bertz CT molecular complexity index is 1260. The molecule has 158 valence electrons. The first-order valence-electron chi connectivity index (χ1n) is 9.47. The van der Waals surface area contributed by atoms with E-state index < -0.39 is 11.9 Å². The minimum Gasteiger partial charge on any atom is -0.462 e. The second-order valence-corrected chi connectivity index (χ2v) is 6.52. The molecule has 4 aromatic rings. The second kappa shape index (κ2) is 8.27. The molecule has 0 saturated heterocycles.